The lowest BCUT2D eigenvalue weighted by Crippen LogP contribution is -2.60. The van der Waals surface area contributed by atoms with Gasteiger partial charge in [-0.1, -0.05) is 25.1 Å². The van der Waals surface area contributed by atoms with Crippen LogP contribution >= 0.6 is 12.2 Å². The minimum Gasteiger partial charge on any atom is -0.391 e. The molecular weight excluding hydrogens is 224 g/mol. The van der Waals surface area contributed by atoms with E-state index in [1.165, 1.54) is 4.90 Å². The van der Waals surface area contributed by atoms with Crippen LogP contribution in [-0.2, 0) is 9.59 Å². The molecule has 0 aromatic rings. The summed E-state index contributed by atoms with van der Waals surface area (Å²) in [6, 6.07) is 0. The molecule has 0 bridgehead atoms. The van der Waals surface area contributed by atoms with Crippen molar-refractivity contribution >= 4 is 29.0 Å². The minimum atomic E-state index is -0.649. The van der Waals surface area contributed by atoms with Crippen molar-refractivity contribution in [3.05, 3.63) is 0 Å². The highest BCUT2D eigenvalue weighted by atomic mass is 32.1. The fourth-order valence-electron chi connectivity index (χ4n) is 2.77. The minimum absolute atomic E-state index is 0.106. The number of piperidine rings is 1. The van der Waals surface area contributed by atoms with Gasteiger partial charge in [-0.25, -0.2) is 0 Å². The van der Waals surface area contributed by atoms with E-state index in [4.69, 9.17) is 18.0 Å². The lowest BCUT2D eigenvalue weighted by atomic mass is 9.91. The second-order valence-electron chi connectivity index (χ2n) is 4.58. The third-order valence-corrected chi connectivity index (χ3v) is 3.98. The van der Waals surface area contributed by atoms with Crippen LogP contribution in [-0.4, -0.2) is 27.2 Å². The largest absolute Gasteiger partial charge is 0.391 e. The average molecular weight is 240 g/mol. The van der Waals surface area contributed by atoms with Crippen LogP contribution in [0.3, 0.4) is 0 Å². The molecule has 2 aliphatic rings. The first-order valence-corrected chi connectivity index (χ1v) is 6.14. The van der Waals surface area contributed by atoms with Gasteiger partial charge in [0.1, 0.15) is 5.54 Å². The maximum Gasteiger partial charge on any atom is 0.230 e. The summed E-state index contributed by atoms with van der Waals surface area (Å²) in [6.07, 6.45) is 4.97. The molecule has 1 aliphatic carbocycles. The van der Waals surface area contributed by atoms with E-state index < -0.39 is 5.54 Å². The highest BCUT2D eigenvalue weighted by Crippen LogP contribution is 2.38. The normalized spacial score (nSPS) is 24.9. The summed E-state index contributed by atoms with van der Waals surface area (Å²) in [4.78, 5) is 25.4. The molecule has 2 N–H and O–H groups in total. The standard InChI is InChI=1S/C11H16N2O2S/c12-10(16)11(6-1-2-7-11)13-8(14)4-3-5-9(13)15/h1-7H2,(H2,12,16). The van der Waals surface area contributed by atoms with Gasteiger partial charge in [-0.2, -0.15) is 0 Å². The SMILES string of the molecule is NC(=S)C1(N2C(=O)CCCC2=O)CCCC1. The molecule has 88 valence electrons. The number of nitrogens with two attached hydrogens (primary N) is 1. The summed E-state index contributed by atoms with van der Waals surface area (Å²) in [5, 5.41) is 0. The van der Waals surface area contributed by atoms with E-state index in [9.17, 15) is 9.59 Å². The maximum atomic E-state index is 11.9. The zero-order valence-corrected chi connectivity index (χ0v) is 10.0. The predicted octanol–water partition coefficient (Wildman–Crippen LogP) is 1.12. The molecule has 0 atom stereocenters. The van der Waals surface area contributed by atoms with Crippen LogP contribution in [0, 0.1) is 0 Å². The van der Waals surface area contributed by atoms with E-state index in [2.05, 4.69) is 0 Å². The molecule has 0 unspecified atom stereocenters. The van der Waals surface area contributed by atoms with Crippen LogP contribution in [0.1, 0.15) is 44.9 Å². The Morgan fingerprint density at radius 1 is 1.12 bits per heavy atom. The Balaban J connectivity index is 2.35. The van der Waals surface area contributed by atoms with Crippen LogP contribution in [0.4, 0.5) is 0 Å². The second kappa shape index (κ2) is 4.13. The van der Waals surface area contributed by atoms with Crippen molar-refractivity contribution in [1.29, 1.82) is 0 Å². The highest BCUT2D eigenvalue weighted by Gasteiger charge is 2.48. The summed E-state index contributed by atoms with van der Waals surface area (Å²) in [5.41, 5.74) is 5.12. The smallest absolute Gasteiger partial charge is 0.230 e. The van der Waals surface area contributed by atoms with Crippen LogP contribution in [0.2, 0.25) is 0 Å². The molecule has 0 aromatic heterocycles. The zero-order valence-electron chi connectivity index (χ0n) is 9.20. The van der Waals surface area contributed by atoms with Crippen molar-refractivity contribution in [3.8, 4) is 0 Å². The van der Waals surface area contributed by atoms with Gasteiger partial charge < -0.3 is 5.73 Å². The number of nitrogens with zero attached hydrogens (tertiary/aromatic N) is 1. The van der Waals surface area contributed by atoms with Gasteiger partial charge in [0.25, 0.3) is 0 Å². The van der Waals surface area contributed by atoms with Gasteiger partial charge in [-0.05, 0) is 19.3 Å². The van der Waals surface area contributed by atoms with Gasteiger partial charge >= 0.3 is 0 Å². The summed E-state index contributed by atoms with van der Waals surface area (Å²) in [5.74, 6) is -0.211. The van der Waals surface area contributed by atoms with Crippen molar-refractivity contribution in [2.75, 3.05) is 0 Å². The molecular formula is C11H16N2O2S. The molecule has 1 aliphatic heterocycles. The number of carbonyl (C=O) groups is 2. The summed E-state index contributed by atoms with van der Waals surface area (Å²) < 4.78 is 0. The van der Waals surface area contributed by atoms with Crippen molar-refractivity contribution < 1.29 is 9.59 Å². The Morgan fingerprint density at radius 2 is 1.62 bits per heavy atom. The lowest BCUT2D eigenvalue weighted by molar-refractivity contribution is -0.152. The quantitative estimate of drug-likeness (QED) is 0.580. The number of carbonyl (C=O) groups excluding carboxylic acids is 2. The number of hydrogen-bond donors (Lipinski definition) is 1. The zero-order chi connectivity index (χ0) is 11.8. The first-order chi connectivity index (χ1) is 7.58. The summed E-state index contributed by atoms with van der Waals surface area (Å²) in [7, 11) is 0. The molecule has 0 radical (unpaired) electrons. The van der Waals surface area contributed by atoms with Gasteiger partial charge in [-0.3, -0.25) is 14.5 Å². The van der Waals surface area contributed by atoms with Gasteiger partial charge in [-0.15, -0.1) is 0 Å². The molecule has 0 aromatic carbocycles. The molecule has 2 rings (SSSR count). The Morgan fingerprint density at radius 3 is 2.06 bits per heavy atom. The third-order valence-electron chi connectivity index (χ3n) is 3.60. The van der Waals surface area contributed by atoms with Gasteiger partial charge in [0.2, 0.25) is 11.8 Å². The van der Waals surface area contributed by atoms with E-state index in [1.807, 2.05) is 0 Å². The van der Waals surface area contributed by atoms with Crippen LogP contribution in [0.25, 0.3) is 0 Å². The van der Waals surface area contributed by atoms with Crippen molar-refractivity contribution in [3.63, 3.8) is 0 Å². The van der Waals surface area contributed by atoms with Crippen LogP contribution in [0.15, 0.2) is 0 Å². The number of rotatable bonds is 2. The number of thiocarbonyl (C=S) groups is 1. The van der Waals surface area contributed by atoms with Gasteiger partial charge in [0.05, 0.1) is 4.99 Å². The Labute approximate surface area is 100 Å². The van der Waals surface area contributed by atoms with E-state index in [-0.39, 0.29) is 11.8 Å². The molecule has 2 fully saturated rings. The third kappa shape index (κ3) is 1.63. The lowest BCUT2D eigenvalue weighted by Gasteiger charge is -2.41. The van der Waals surface area contributed by atoms with Crippen LogP contribution in [0.5, 0.6) is 0 Å². The summed E-state index contributed by atoms with van der Waals surface area (Å²) in [6.45, 7) is 0. The molecule has 16 heavy (non-hydrogen) atoms. The molecule has 5 heteroatoms. The molecule has 2 amide bonds. The monoisotopic (exact) mass is 240 g/mol. The maximum absolute atomic E-state index is 11.9. The Bertz CT molecular complexity index is 332. The first kappa shape index (κ1) is 11.5. The summed E-state index contributed by atoms with van der Waals surface area (Å²) >= 11 is 5.09. The Kier molecular flexibility index (Phi) is 2.97. The fraction of sp³-hybridized carbons (Fsp3) is 0.727. The molecule has 1 saturated heterocycles. The van der Waals surface area contributed by atoms with E-state index in [1.54, 1.807) is 0 Å². The predicted molar refractivity (Wildman–Crippen MR) is 63.7 cm³/mol. The van der Waals surface area contributed by atoms with Crippen molar-refractivity contribution in [1.82, 2.24) is 4.90 Å². The van der Waals surface area contributed by atoms with E-state index in [0.29, 0.717) is 24.3 Å². The van der Waals surface area contributed by atoms with Crippen molar-refractivity contribution in [2.45, 2.75) is 50.5 Å². The van der Waals surface area contributed by atoms with Gasteiger partial charge in [0.15, 0.2) is 0 Å². The van der Waals surface area contributed by atoms with Crippen molar-refractivity contribution in [2.24, 2.45) is 5.73 Å². The molecule has 0 spiro atoms. The molecule has 1 saturated carbocycles. The number of hydrogen-bond acceptors (Lipinski definition) is 3. The van der Waals surface area contributed by atoms with E-state index >= 15 is 0 Å². The molecule has 4 nitrogen and oxygen atoms in total. The molecule has 1 heterocycles. The van der Waals surface area contributed by atoms with E-state index in [0.717, 1.165) is 25.7 Å². The van der Waals surface area contributed by atoms with Crippen LogP contribution < -0.4 is 5.73 Å². The fourth-order valence-corrected chi connectivity index (χ4v) is 3.07. The number of likely N-dealkylation sites (tertiary alicyclic amines) is 1. The highest BCUT2D eigenvalue weighted by molar-refractivity contribution is 7.80. The Hall–Kier alpha value is -0.970. The topological polar surface area (TPSA) is 63.4 Å². The average Bonchev–Trinajstić information content (AvgIpc) is 2.67. The van der Waals surface area contributed by atoms with Gasteiger partial charge in [0, 0.05) is 12.8 Å². The number of amides is 2. The number of imide groups is 1. The first-order valence-electron chi connectivity index (χ1n) is 5.74. The second-order valence-corrected chi connectivity index (χ2v) is 5.02.